The molecular weight excluding hydrogens is 403 g/mol. The molecular formula is C19H16ClFN4O2S. The maximum absolute atomic E-state index is 14.3. The lowest BCUT2D eigenvalue weighted by Crippen LogP contribution is -2.07. The van der Waals surface area contributed by atoms with E-state index in [-0.39, 0.29) is 24.1 Å². The number of hydrogen-bond acceptors (Lipinski definition) is 5. The lowest BCUT2D eigenvalue weighted by atomic mass is 10.2. The van der Waals surface area contributed by atoms with Gasteiger partial charge in [-0.3, -0.25) is 9.20 Å². The minimum Gasteiger partial charge on any atom is -0.465 e. The Kier molecular flexibility index (Phi) is 5.23. The first-order valence-corrected chi connectivity index (χ1v) is 10.00. The van der Waals surface area contributed by atoms with Crippen LogP contribution in [0.4, 0.5) is 4.39 Å². The second-order valence-electron chi connectivity index (χ2n) is 5.99. The third-order valence-electron chi connectivity index (χ3n) is 4.27. The topological polar surface area (TPSA) is 61.4 Å². The van der Waals surface area contributed by atoms with Gasteiger partial charge in [0.1, 0.15) is 5.82 Å². The lowest BCUT2D eigenvalue weighted by Gasteiger charge is -2.08. The SMILES string of the molecule is CCOC(=O)CSc1nnc2n(Cc3c(F)cccc3Cl)c3ccccc3n12. The van der Waals surface area contributed by atoms with E-state index in [0.717, 1.165) is 11.0 Å². The zero-order valence-electron chi connectivity index (χ0n) is 14.9. The Morgan fingerprint density at radius 3 is 2.71 bits per heavy atom. The summed E-state index contributed by atoms with van der Waals surface area (Å²) in [6, 6.07) is 12.3. The fourth-order valence-electron chi connectivity index (χ4n) is 3.05. The van der Waals surface area contributed by atoms with E-state index in [9.17, 15) is 9.18 Å². The molecule has 9 heteroatoms. The van der Waals surface area contributed by atoms with Crippen molar-refractivity contribution in [1.29, 1.82) is 0 Å². The molecule has 0 unspecified atom stereocenters. The predicted octanol–water partition coefficient (Wildman–Crippen LogP) is 4.18. The average Bonchev–Trinajstić information content (AvgIpc) is 3.22. The fourth-order valence-corrected chi connectivity index (χ4v) is 4.01. The van der Waals surface area contributed by atoms with Crippen LogP contribution in [0.5, 0.6) is 0 Å². The van der Waals surface area contributed by atoms with Crippen molar-refractivity contribution < 1.29 is 13.9 Å². The molecule has 0 N–H and O–H groups in total. The molecule has 0 amide bonds. The van der Waals surface area contributed by atoms with Gasteiger partial charge in [-0.25, -0.2) is 4.39 Å². The van der Waals surface area contributed by atoms with Crippen LogP contribution in [-0.2, 0) is 16.1 Å². The van der Waals surface area contributed by atoms with Crippen LogP contribution >= 0.6 is 23.4 Å². The van der Waals surface area contributed by atoms with Crippen molar-refractivity contribution in [2.45, 2.75) is 18.6 Å². The Hall–Kier alpha value is -2.58. The summed E-state index contributed by atoms with van der Waals surface area (Å²) >= 11 is 7.46. The second kappa shape index (κ2) is 7.81. The molecule has 0 aliphatic rings. The molecule has 2 aromatic heterocycles. The quantitative estimate of drug-likeness (QED) is 0.347. The molecule has 2 heterocycles. The van der Waals surface area contributed by atoms with E-state index in [1.165, 1.54) is 17.8 Å². The monoisotopic (exact) mass is 418 g/mol. The number of carbonyl (C=O) groups is 1. The smallest absolute Gasteiger partial charge is 0.316 e. The number of para-hydroxylation sites is 2. The molecule has 4 aromatic rings. The van der Waals surface area contributed by atoms with E-state index in [1.54, 1.807) is 19.1 Å². The van der Waals surface area contributed by atoms with Crippen molar-refractivity contribution in [3.8, 4) is 0 Å². The van der Waals surface area contributed by atoms with Crippen LogP contribution in [0, 0.1) is 5.82 Å². The van der Waals surface area contributed by atoms with Gasteiger partial charge in [-0.1, -0.05) is 41.6 Å². The molecule has 0 aliphatic heterocycles. The summed E-state index contributed by atoms with van der Waals surface area (Å²) in [4.78, 5) is 11.7. The summed E-state index contributed by atoms with van der Waals surface area (Å²) in [5.74, 6) is -0.00865. The van der Waals surface area contributed by atoms with Crippen molar-refractivity contribution in [3.63, 3.8) is 0 Å². The Balaban J connectivity index is 1.80. The number of nitrogens with zero attached hydrogens (tertiary/aromatic N) is 4. The number of carbonyl (C=O) groups excluding carboxylic acids is 1. The number of esters is 1. The number of aromatic nitrogens is 4. The molecule has 0 aliphatic carbocycles. The number of fused-ring (bicyclic) bond motifs is 3. The third-order valence-corrected chi connectivity index (χ3v) is 5.53. The van der Waals surface area contributed by atoms with Crippen molar-refractivity contribution in [2.24, 2.45) is 0 Å². The maximum Gasteiger partial charge on any atom is 0.316 e. The summed E-state index contributed by atoms with van der Waals surface area (Å²) < 4.78 is 23.0. The van der Waals surface area contributed by atoms with Crippen LogP contribution in [-0.4, -0.2) is 37.5 Å². The zero-order chi connectivity index (χ0) is 19.7. The highest BCUT2D eigenvalue weighted by atomic mass is 35.5. The van der Waals surface area contributed by atoms with E-state index in [1.807, 2.05) is 33.2 Å². The van der Waals surface area contributed by atoms with E-state index in [0.29, 0.717) is 28.1 Å². The third kappa shape index (κ3) is 3.33. The summed E-state index contributed by atoms with van der Waals surface area (Å²) in [6.07, 6.45) is 0. The van der Waals surface area contributed by atoms with Crippen molar-refractivity contribution in [2.75, 3.05) is 12.4 Å². The van der Waals surface area contributed by atoms with Crippen LogP contribution in [0.25, 0.3) is 16.8 Å². The first-order chi connectivity index (χ1) is 13.6. The molecule has 2 aromatic carbocycles. The first-order valence-electron chi connectivity index (χ1n) is 8.63. The molecule has 0 atom stereocenters. The molecule has 0 saturated heterocycles. The summed E-state index contributed by atoms with van der Waals surface area (Å²) in [7, 11) is 0. The Labute approximate surface area is 169 Å². The number of rotatable bonds is 6. The van der Waals surface area contributed by atoms with Gasteiger partial charge in [0, 0.05) is 10.6 Å². The second-order valence-corrected chi connectivity index (χ2v) is 7.34. The summed E-state index contributed by atoms with van der Waals surface area (Å²) in [5.41, 5.74) is 2.11. The molecule has 0 radical (unpaired) electrons. The van der Waals surface area contributed by atoms with Crippen molar-refractivity contribution in [3.05, 3.63) is 58.9 Å². The summed E-state index contributed by atoms with van der Waals surface area (Å²) in [6.45, 7) is 2.31. The highest BCUT2D eigenvalue weighted by molar-refractivity contribution is 7.99. The molecule has 0 bridgehead atoms. The van der Waals surface area contributed by atoms with Gasteiger partial charge in [0.15, 0.2) is 5.16 Å². The van der Waals surface area contributed by atoms with Crippen molar-refractivity contribution in [1.82, 2.24) is 19.2 Å². The van der Waals surface area contributed by atoms with Gasteiger partial charge < -0.3 is 9.30 Å². The van der Waals surface area contributed by atoms with Gasteiger partial charge in [-0.05, 0) is 31.2 Å². The van der Waals surface area contributed by atoms with E-state index in [2.05, 4.69) is 10.2 Å². The van der Waals surface area contributed by atoms with Crippen LogP contribution in [0.2, 0.25) is 5.02 Å². The normalized spacial score (nSPS) is 11.4. The number of ether oxygens (including phenoxy) is 1. The highest BCUT2D eigenvalue weighted by Gasteiger charge is 2.19. The largest absolute Gasteiger partial charge is 0.465 e. The van der Waals surface area contributed by atoms with E-state index in [4.69, 9.17) is 16.3 Å². The number of hydrogen-bond donors (Lipinski definition) is 0. The van der Waals surface area contributed by atoms with Crippen LogP contribution in [0.1, 0.15) is 12.5 Å². The van der Waals surface area contributed by atoms with E-state index < -0.39 is 0 Å². The minimum absolute atomic E-state index is 0.132. The number of thioether (sulfide) groups is 1. The van der Waals surface area contributed by atoms with Crippen LogP contribution in [0.15, 0.2) is 47.6 Å². The van der Waals surface area contributed by atoms with Gasteiger partial charge in [0.2, 0.25) is 5.78 Å². The Morgan fingerprint density at radius 1 is 1.18 bits per heavy atom. The number of imidazole rings is 1. The fraction of sp³-hybridized carbons (Fsp3) is 0.211. The molecule has 0 spiro atoms. The predicted molar refractivity (Wildman–Crippen MR) is 106 cm³/mol. The van der Waals surface area contributed by atoms with Gasteiger partial charge in [0.25, 0.3) is 0 Å². The van der Waals surface area contributed by atoms with Gasteiger partial charge in [0.05, 0.1) is 29.9 Å². The van der Waals surface area contributed by atoms with Crippen molar-refractivity contribution >= 4 is 46.1 Å². The molecule has 144 valence electrons. The Bertz CT molecular complexity index is 1150. The van der Waals surface area contributed by atoms with E-state index >= 15 is 0 Å². The first kappa shape index (κ1) is 18.8. The van der Waals surface area contributed by atoms with Gasteiger partial charge in [-0.15, -0.1) is 10.2 Å². The maximum atomic E-state index is 14.3. The standard InChI is InChI=1S/C19H16ClFN4O2S/c1-2-27-17(26)11-28-19-23-22-18-24(10-12-13(20)6-5-7-14(12)21)15-8-3-4-9-16(15)25(18)19/h3-9H,2,10-11H2,1H3. The molecule has 0 saturated carbocycles. The molecule has 6 nitrogen and oxygen atoms in total. The van der Waals surface area contributed by atoms with Crippen LogP contribution < -0.4 is 0 Å². The van der Waals surface area contributed by atoms with Gasteiger partial charge in [-0.2, -0.15) is 0 Å². The average molecular weight is 419 g/mol. The van der Waals surface area contributed by atoms with Gasteiger partial charge >= 0.3 is 5.97 Å². The Morgan fingerprint density at radius 2 is 1.96 bits per heavy atom. The van der Waals surface area contributed by atoms with Crippen LogP contribution in [0.3, 0.4) is 0 Å². The highest BCUT2D eigenvalue weighted by Crippen LogP contribution is 2.28. The summed E-state index contributed by atoms with van der Waals surface area (Å²) in [5, 5.41) is 9.40. The molecule has 4 rings (SSSR count). The number of halogens is 2. The lowest BCUT2D eigenvalue weighted by molar-refractivity contribution is -0.139. The zero-order valence-corrected chi connectivity index (χ0v) is 16.5. The molecule has 28 heavy (non-hydrogen) atoms. The number of benzene rings is 2. The molecule has 0 fully saturated rings. The minimum atomic E-state index is -0.375.